The molecule has 0 bridgehead atoms. The fraction of sp³-hybridized carbons (Fsp3) is 0.455. The molecule has 2 aromatic carbocycles. The van der Waals surface area contributed by atoms with Crippen LogP contribution in [0.1, 0.15) is 17.5 Å². The Balaban J connectivity index is 1.31. The van der Waals surface area contributed by atoms with Crippen LogP contribution in [0.4, 0.5) is 0 Å². The van der Waals surface area contributed by atoms with Crippen molar-refractivity contribution in [3.63, 3.8) is 0 Å². The van der Waals surface area contributed by atoms with Crippen molar-refractivity contribution in [2.45, 2.75) is 25.6 Å². The summed E-state index contributed by atoms with van der Waals surface area (Å²) < 4.78 is 11.3. The zero-order valence-corrected chi connectivity index (χ0v) is 15.6. The lowest BCUT2D eigenvalue weighted by Gasteiger charge is -2.38. The average molecular weight is 368 g/mol. The molecule has 4 rings (SSSR count). The molecule has 1 fully saturated rings. The molecule has 0 saturated carbocycles. The van der Waals surface area contributed by atoms with E-state index in [1.807, 2.05) is 12.1 Å². The molecule has 5 heteroatoms. The van der Waals surface area contributed by atoms with Gasteiger partial charge in [0, 0.05) is 38.2 Å². The van der Waals surface area contributed by atoms with Crippen molar-refractivity contribution in [2.24, 2.45) is 5.92 Å². The molecule has 1 saturated heterocycles. The molecular formula is C22H28N2O3. The summed E-state index contributed by atoms with van der Waals surface area (Å²) in [4.78, 5) is 2.44. The summed E-state index contributed by atoms with van der Waals surface area (Å²) in [6, 6.07) is 17.0. The minimum atomic E-state index is 0.212. The summed E-state index contributed by atoms with van der Waals surface area (Å²) in [6.45, 7) is 5.13. The lowest BCUT2D eigenvalue weighted by Crippen LogP contribution is -2.50. The van der Waals surface area contributed by atoms with E-state index in [0.717, 1.165) is 44.1 Å². The Morgan fingerprint density at radius 1 is 1.00 bits per heavy atom. The number of likely N-dealkylation sites (tertiary alicyclic amines) is 1. The standard InChI is InChI=1S/C22H28N2O3/c25-16-19-15-24(14-17-4-2-1-3-5-17)9-8-20(19)23-13-18-6-7-21-22(12-18)27-11-10-26-21/h1-7,12,19-20,23,25H,8-11,13-16H2/t19-,20+/m1/s1. The second kappa shape index (κ2) is 8.74. The molecule has 0 aliphatic carbocycles. The van der Waals surface area contributed by atoms with E-state index in [-0.39, 0.29) is 12.5 Å². The highest BCUT2D eigenvalue weighted by molar-refractivity contribution is 5.43. The summed E-state index contributed by atoms with van der Waals surface area (Å²) in [6.07, 6.45) is 1.04. The molecule has 5 nitrogen and oxygen atoms in total. The Labute approximate surface area is 160 Å². The van der Waals surface area contributed by atoms with E-state index >= 15 is 0 Å². The highest BCUT2D eigenvalue weighted by atomic mass is 16.6. The first kappa shape index (κ1) is 18.3. The first-order valence-electron chi connectivity index (χ1n) is 9.81. The summed E-state index contributed by atoms with van der Waals surface area (Å²) in [5.74, 6) is 1.91. The number of hydrogen-bond acceptors (Lipinski definition) is 5. The molecule has 0 radical (unpaired) electrons. The highest BCUT2D eigenvalue weighted by Crippen LogP contribution is 2.31. The van der Waals surface area contributed by atoms with Crippen molar-refractivity contribution in [3.05, 3.63) is 59.7 Å². The Morgan fingerprint density at radius 2 is 1.81 bits per heavy atom. The third-order valence-electron chi connectivity index (χ3n) is 5.48. The van der Waals surface area contributed by atoms with Gasteiger partial charge in [-0.2, -0.15) is 0 Å². The van der Waals surface area contributed by atoms with E-state index in [1.165, 1.54) is 11.1 Å². The number of fused-ring (bicyclic) bond motifs is 1. The van der Waals surface area contributed by atoms with E-state index in [4.69, 9.17) is 9.47 Å². The molecule has 144 valence electrons. The number of nitrogens with one attached hydrogen (secondary N) is 1. The van der Waals surface area contributed by atoms with Crippen LogP contribution in [0.3, 0.4) is 0 Å². The summed E-state index contributed by atoms with van der Waals surface area (Å²) >= 11 is 0. The minimum absolute atomic E-state index is 0.212. The number of ether oxygens (including phenoxy) is 2. The van der Waals surface area contributed by atoms with Gasteiger partial charge in [-0.25, -0.2) is 0 Å². The van der Waals surface area contributed by atoms with E-state index in [2.05, 4.69) is 46.6 Å². The largest absolute Gasteiger partial charge is 0.486 e. The quantitative estimate of drug-likeness (QED) is 0.820. The lowest BCUT2D eigenvalue weighted by molar-refractivity contribution is 0.0849. The predicted molar refractivity (Wildman–Crippen MR) is 105 cm³/mol. The molecule has 0 spiro atoms. The van der Waals surface area contributed by atoms with Crippen LogP contribution in [0, 0.1) is 5.92 Å². The fourth-order valence-electron chi connectivity index (χ4n) is 3.99. The Bertz CT molecular complexity index is 738. The third kappa shape index (κ3) is 4.61. The molecule has 2 aromatic rings. The predicted octanol–water partition coefficient (Wildman–Crippen LogP) is 2.43. The highest BCUT2D eigenvalue weighted by Gasteiger charge is 2.28. The third-order valence-corrected chi connectivity index (χ3v) is 5.48. The molecule has 27 heavy (non-hydrogen) atoms. The summed E-state index contributed by atoms with van der Waals surface area (Å²) in [5.41, 5.74) is 2.51. The molecule has 2 heterocycles. The number of aliphatic hydroxyl groups is 1. The van der Waals surface area contributed by atoms with Gasteiger partial charge in [-0.1, -0.05) is 36.4 Å². The van der Waals surface area contributed by atoms with Gasteiger partial charge < -0.3 is 19.9 Å². The fourth-order valence-corrected chi connectivity index (χ4v) is 3.99. The van der Waals surface area contributed by atoms with Gasteiger partial charge in [-0.15, -0.1) is 0 Å². The number of benzene rings is 2. The molecule has 2 atom stereocenters. The van der Waals surface area contributed by atoms with E-state index in [0.29, 0.717) is 19.3 Å². The summed E-state index contributed by atoms with van der Waals surface area (Å²) in [7, 11) is 0. The first-order valence-corrected chi connectivity index (χ1v) is 9.81. The van der Waals surface area contributed by atoms with Crippen molar-refractivity contribution >= 4 is 0 Å². The number of aliphatic hydroxyl groups excluding tert-OH is 1. The molecular weight excluding hydrogens is 340 g/mol. The molecule has 0 aromatic heterocycles. The molecule has 2 aliphatic rings. The van der Waals surface area contributed by atoms with Crippen LogP contribution in [0.5, 0.6) is 11.5 Å². The smallest absolute Gasteiger partial charge is 0.161 e. The second-order valence-corrected chi connectivity index (χ2v) is 7.42. The summed E-state index contributed by atoms with van der Waals surface area (Å²) in [5, 5.41) is 13.5. The van der Waals surface area contributed by atoms with Crippen LogP contribution >= 0.6 is 0 Å². The molecule has 0 unspecified atom stereocenters. The Morgan fingerprint density at radius 3 is 2.63 bits per heavy atom. The average Bonchev–Trinajstić information content (AvgIpc) is 2.73. The van der Waals surface area contributed by atoms with Gasteiger partial charge in [0.1, 0.15) is 13.2 Å². The zero-order valence-electron chi connectivity index (χ0n) is 15.6. The minimum Gasteiger partial charge on any atom is -0.486 e. The topological polar surface area (TPSA) is 54.0 Å². The maximum absolute atomic E-state index is 9.90. The van der Waals surface area contributed by atoms with Gasteiger partial charge in [0.2, 0.25) is 0 Å². The van der Waals surface area contributed by atoms with Gasteiger partial charge in [-0.05, 0) is 36.2 Å². The molecule has 2 aliphatic heterocycles. The van der Waals surface area contributed by atoms with Crippen molar-refractivity contribution in [2.75, 3.05) is 32.9 Å². The number of nitrogens with zero attached hydrogens (tertiary/aromatic N) is 1. The monoisotopic (exact) mass is 368 g/mol. The van der Waals surface area contributed by atoms with Gasteiger partial charge in [0.15, 0.2) is 11.5 Å². The number of piperidine rings is 1. The molecule has 2 N–H and O–H groups in total. The number of hydrogen-bond donors (Lipinski definition) is 2. The SMILES string of the molecule is OC[C@H]1CN(Cc2ccccc2)CC[C@@H]1NCc1ccc2c(c1)OCCO2. The van der Waals surface area contributed by atoms with Crippen LogP contribution < -0.4 is 14.8 Å². The first-order chi connectivity index (χ1) is 13.3. The van der Waals surface area contributed by atoms with Crippen LogP contribution in [0.2, 0.25) is 0 Å². The molecule has 0 amide bonds. The van der Waals surface area contributed by atoms with Crippen LogP contribution in [-0.2, 0) is 13.1 Å². The van der Waals surface area contributed by atoms with Crippen LogP contribution in [-0.4, -0.2) is 49.0 Å². The van der Waals surface area contributed by atoms with Crippen molar-refractivity contribution in [3.8, 4) is 11.5 Å². The van der Waals surface area contributed by atoms with Crippen LogP contribution in [0.25, 0.3) is 0 Å². The van der Waals surface area contributed by atoms with Crippen molar-refractivity contribution in [1.29, 1.82) is 0 Å². The van der Waals surface area contributed by atoms with Gasteiger partial charge in [-0.3, -0.25) is 4.90 Å². The number of rotatable bonds is 6. The van der Waals surface area contributed by atoms with Gasteiger partial charge in [0.25, 0.3) is 0 Å². The Kier molecular flexibility index (Phi) is 5.92. The van der Waals surface area contributed by atoms with Crippen molar-refractivity contribution in [1.82, 2.24) is 10.2 Å². The maximum atomic E-state index is 9.90. The zero-order chi connectivity index (χ0) is 18.5. The lowest BCUT2D eigenvalue weighted by atomic mass is 9.92. The normalized spacial score (nSPS) is 22.6. The van der Waals surface area contributed by atoms with E-state index < -0.39 is 0 Å². The van der Waals surface area contributed by atoms with E-state index in [9.17, 15) is 5.11 Å². The maximum Gasteiger partial charge on any atom is 0.161 e. The second-order valence-electron chi connectivity index (χ2n) is 7.42. The van der Waals surface area contributed by atoms with Gasteiger partial charge in [0.05, 0.1) is 0 Å². The van der Waals surface area contributed by atoms with Gasteiger partial charge >= 0.3 is 0 Å². The van der Waals surface area contributed by atoms with Crippen molar-refractivity contribution < 1.29 is 14.6 Å². The van der Waals surface area contributed by atoms with Crippen LogP contribution in [0.15, 0.2) is 48.5 Å². The van der Waals surface area contributed by atoms with E-state index in [1.54, 1.807) is 0 Å². The Hall–Kier alpha value is -2.08.